The first-order valence-electron chi connectivity index (χ1n) is 6.20. The largest absolute Gasteiger partial charge is 0.496 e. The van der Waals surface area contributed by atoms with Crippen LogP contribution in [0.3, 0.4) is 0 Å². The van der Waals surface area contributed by atoms with Gasteiger partial charge in [-0.1, -0.05) is 11.6 Å². The van der Waals surface area contributed by atoms with E-state index in [2.05, 4.69) is 5.32 Å². The topological polar surface area (TPSA) is 30.5 Å². The summed E-state index contributed by atoms with van der Waals surface area (Å²) in [5.74, 6) is 0.943. The number of hydrogen-bond donors (Lipinski definition) is 1. The highest BCUT2D eigenvalue weighted by Crippen LogP contribution is 2.43. The standard InChI is InChI=1S/C14H20ClNO2/c1-10-6-11(15)7-12(13(10)17-3)14(4-5-16-2)8-18-9-14/h6-7,16H,4-5,8-9H2,1-3H3. The quantitative estimate of drug-likeness (QED) is 0.891. The van der Waals surface area contributed by atoms with E-state index in [-0.39, 0.29) is 5.41 Å². The van der Waals surface area contributed by atoms with Gasteiger partial charge in [-0.2, -0.15) is 0 Å². The second kappa shape index (κ2) is 5.47. The maximum atomic E-state index is 6.19. The molecule has 0 saturated carbocycles. The number of aryl methyl sites for hydroxylation is 1. The zero-order valence-electron chi connectivity index (χ0n) is 11.2. The zero-order valence-corrected chi connectivity index (χ0v) is 11.9. The first-order chi connectivity index (χ1) is 8.63. The van der Waals surface area contributed by atoms with Gasteiger partial charge in [-0.15, -0.1) is 0 Å². The van der Waals surface area contributed by atoms with Gasteiger partial charge in [0.05, 0.1) is 20.3 Å². The highest BCUT2D eigenvalue weighted by atomic mass is 35.5. The Balaban J connectivity index is 2.41. The van der Waals surface area contributed by atoms with Crippen LogP contribution in [-0.4, -0.2) is 33.9 Å². The van der Waals surface area contributed by atoms with E-state index in [1.54, 1.807) is 7.11 Å². The number of hydrogen-bond acceptors (Lipinski definition) is 3. The van der Waals surface area contributed by atoms with E-state index in [1.165, 1.54) is 5.56 Å². The summed E-state index contributed by atoms with van der Waals surface area (Å²) in [6, 6.07) is 3.96. The highest BCUT2D eigenvalue weighted by molar-refractivity contribution is 6.30. The molecule has 2 rings (SSSR count). The molecule has 1 N–H and O–H groups in total. The minimum Gasteiger partial charge on any atom is -0.496 e. The van der Waals surface area contributed by atoms with Gasteiger partial charge >= 0.3 is 0 Å². The Bertz CT molecular complexity index is 430. The lowest BCUT2D eigenvalue weighted by Gasteiger charge is -2.43. The van der Waals surface area contributed by atoms with Crippen molar-refractivity contribution in [3.63, 3.8) is 0 Å². The van der Waals surface area contributed by atoms with Crippen LogP contribution in [0.25, 0.3) is 0 Å². The maximum absolute atomic E-state index is 6.19. The number of methoxy groups -OCH3 is 1. The van der Waals surface area contributed by atoms with Gasteiger partial charge < -0.3 is 14.8 Å². The minimum atomic E-state index is 0.0456. The molecule has 0 aliphatic carbocycles. The summed E-state index contributed by atoms with van der Waals surface area (Å²) in [5.41, 5.74) is 2.30. The first-order valence-corrected chi connectivity index (χ1v) is 6.58. The van der Waals surface area contributed by atoms with Crippen molar-refractivity contribution in [2.75, 3.05) is 33.9 Å². The monoisotopic (exact) mass is 269 g/mol. The van der Waals surface area contributed by atoms with Gasteiger partial charge in [0.1, 0.15) is 5.75 Å². The van der Waals surface area contributed by atoms with Gasteiger partial charge in [0.2, 0.25) is 0 Å². The normalized spacial score (nSPS) is 17.3. The fraction of sp³-hybridized carbons (Fsp3) is 0.571. The Labute approximate surface area is 113 Å². The third kappa shape index (κ3) is 2.35. The highest BCUT2D eigenvalue weighted by Gasteiger charge is 2.42. The summed E-state index contributed by atoms with van der Waals surface area (Å²) < 4.78 is 11.0. The molecule has 1 aliphatic heterocycles. The zero-order chi connectivity index (χ0) is 13.2. The fourth-order valence-electron chi connectivity index (χ4n) is 2.54. The lowest BCUT2D eigenvalue weighted by atomic mass is 9.75. The third-order valence-corrected chi connectivity index (χ3v) is 3.84. The van der Waals surface area contributed by atoms with Crippen molar-refractivity contribution in [1.82, 2.24) is 5.32 Å². The van der Waals surface area contributed by atoms with Crippen LogP contribution in [0.5, 0.6) is 5.75 Å². The van der Waals surface area contributed by atoms with E-state index >= 15 is 0 Å². The van der Waals surface area contributed by atoms with Crippen LogP contribution in [0.15, 0.2) is 12.1 Å². The molecule has 1 aromatic rings. The van der Waals surface area contributed by atoms with Crippen molar-refractivity contribution in [3.05, 3.63) is 28.3 Å². The van der Waals surface area contributed by atoms with Crippen LogP contribution in [0.4, 0.5) is 0 Å². The molecule has 1 aliphatic rings. The van der Waals surface area contributed by atoms with Crippen molar-refractivity contribution >= 4 is 11.6 Å². The van der Waals surface area contributed by atoms with Crippen molar-refractivity contribution in [2.24, 2.45) is 0 Å². The van der Waals surface area contributed by atoms with E-state index < -0.39 is 0 Å². The smallest absolute Gasteiger partial charge is 0.125 e. The Morgan fingerprint density at radius 1 is 1.44 bits per heavy atom. The summed E-state index contributed by atoms with van der Waals surface area (Å²) >= 11 is 6.19. The number of ether oxygens (including phenoxy) is 2. The van der Waals surface area contributed by atoms with Crippen LogP contribution >= 0.6 is 11.6 Å². The Morgan fingerprint density at radius 3 is 2.67 bits per heavy atom. The number of halogens is 1. The molecule has 0 aromatic heterocycles. The molecule has 1 fully saturated rings. The predicted octanol–water partition coefficient (Wildman–Crippen LogP) is 2.53. The van der Waals surface area contributed by atoms with Crippen LogP contribution in [0.2, 0.25) is 5.02 Å². The van der Waals surface area contributed by atoms with E-state index in [9.17, 15) is 0 Å². The molecule has 0 radical (unpaired) electrons. The van der Waals surface area contributed by atoms with Gasteiger partial charge in [0.25, 0.3) is 0 Å². The van der Waals surface area contributed by atoms with Crippen molar-refractivity contribution < 1.29 is 9.47 Å². The van der Waals surface area contributed by atoms with Crippen LogP contribution < -0.4 is 10.1 Å². The molecule has 0 spiro atoms. The van der Waals surface area contributed by atoms with Crippen LogP contribution in [0.1, 0.15) is 17.5 Å². The molecule has 0 unspecified atom stereocenters. The van der Waals surface area contributed by atoms with E-state index in [4.69, 9.17) is 21.1 Å². The molecular weight excluding hydrogens is 250 g/mol. The summed E-state index contributed by atoms with van der Waals surface area (Å²) in [6.07, 6.45) is 1.03. The molecule has 1 saturated heterocycles. The van der Waals surface area contributed by atoms with Crippen molar-refractivity contribution in [1.29, 1.82) is 0 Å². The molecule has 3 nitrogen and oxygen atoms in total. The van der Waals surface area contributed by atoms with Gasteiger partial charge in [-0.3, -0.25) is 0 Å². The number of rotatable bonds is 5. The predicted molar refractivity (Wildman–Crippen MR) is 73.8 cm³/mol. The van der Waals surface area contributed by atoms with Gasteiger partial charge in [0.15, 0.2) is 0 Å². The van der Waals surface area contributed by atoms with Crippen molar-refractivity contribution in [3.8, 4) is 5.75 Å². The van der Waals surface area contributed by atoms with Gasteiger partial charge in [-0.25, -0.2) is 0 Å². The molecular formula is C14H20ClNO2. The Morgan fingerprint density at radius 2 is 2.17 bits per heavy atom. The number of nitrogens with one attached hydrogen (secondary N) is 1. The molecule has 0 atom stereocenters. The number of benzene rings is 1. The first kappa shape index (κ1) is 13.7. The average molecular weight is 270 g/mol. The lowest BCUT2D eigenvalue weighted by molar-refractivity contribution is -0.0647. The van der Waals surface area contributed by atoms with Gasteiger partial charge in [0, 0.05) is 16.0 Å². The second-order valence-electron chi connectivity index (χ2n) is 4.93. The summed E-state index contributed by atoms with van der Waals surface area (Å²) in [5, 5.41) is 3.96. The van der Waals surface area contributed by atoms with Crippen LogP contribution in [-0.2, 0) is 10.2 Å². The molecule has 1 heterocycles. The summed E-state index contributed by atoms with van der Waals surface area (Å²) in [6.45, 7) is 4.47. The third-order valence-electron chi connectivity index (χ3n) is 3.63. The molecule has 100 valence electrons. The molecule has 0 bridgehead atoms. The summed E-state index contributed by atoms with van der Waals surface area (Å²) in [4.78, 5) is 0. The molecule has 0 amide bonds. The Kier molecular flexibility index (Phi) is 4.15. The minimum absolute atomic E-state index is 0.0456. The van der Waals surface area contributed by atoms with E-state index in [0.717, 1.165) is 42.5 Å². The van der Waals surface area contributed by atoms with Crippen LogP contribution in [0, 0.1) is 6.92 Å². The van der Waals surface area contributed by atoms with E-state index in [1.807, 2.05) is 26.1 Å². The fourth-order valence-corrected chi connectivity index (χ4v) is 2.81. The van der Waals surface area contributed by atoms with Crippen molar-refractivity contribution in [2.45, 2.75) is 18.8 Å². The molecule has 4 heteroatoms. The van der Waals surface area contributed by atoms with Gasteiger partial charge in [-0.05, 0) is 44.6 Å². The lowest BCUT2D eigenvalue weighted by Crippen LogP contribution is -2.48. The molecule has 18 heavy (non-hydrogen) atoms. The maximum Gasteiger partial charge on any atom is 0.125 e. The molecule has 1 aromatic carbocycles. The second-order valence-corrected chi connectivity index (χ2v) is 5.37. The average Bonchev–Trinajstić information content (AvgIpc) is 2.27. The Hall–Kier alpha value is -0.770. The SMILES string of the molecule is CNCCC1(c2cc(Cl)cc(C)c2OC)COC1. The van der Waals surface area contributed by atoms with E-state index in [0.29, 0.717) is 0 Å². The summed E-state index contributed by atoms with van der Waals surface area (Å²) in [7, 11) is 3.68.